The number of hydrogen-bond acceptors (Lipinski definition) is 19. The van der Waals surface area contributed by atoms with E-state index in [1.807, 2.05) is 0 Å². The summed E-state index contributed by atoms with van der Waals surface area (Å²) in [7, 11) is -9.84. The number of phosphoric acid groups is 2. The van der Waals surface area contributed by atoms with Crippen LogP contribution in [0.4, 0.5) is 0 Å². The highest BCUT2D eigenvalue weighted by molar-refractivity contribution is 7.48. The Morgan fingerprint density at radius 3 is 1.18 bits per heavy atom. The molecule has 8 atom stereocenters. The molecule has 1 aliphatic carbocycles. The summed E-state index contributed by atoms with van der Waals surface area (Å²) in [6.07, 6.45) is 15.5. The third-order valence-electron chi connectivity index (χ3n) is 11.1. The highest BCUT2D eigenvalue weighted by Crippen LogP contribution is 2.53. The molecule has 19 nitrogen and oxygen atoms in total. The van der Waals surface area contributed by atoms with Crippen molar-refractivity contribution in [3.05, 3.63) is 0 Å². The predicted molar refractivity (Wildman–Crippen MR) is 232 cm³/mol. The number of phosphoric ester groups is 1. The van der Waals surface area contributed by atoms with Crippen molar-refractivity contribution in [1.82, 2.24) is 0 Å². The van der Waals surface area contributed by atoms with Crippen molar-refractivity contribution in [3.63, 3.8) is 0 Å². The van der Waals surface area contributed by atoms with Crippen LogP contribution >= 0.6 is 15.6 Å². The number of esters is 2. The van der Waals surface area contributed by atoms with Gasteiger partial charge in [-0.1, -0.05) is 168 Å². The van der Waals surface area contributed by atoms with Crippen LogP contribution < -0.4 is 17.7 Å². The molecule has 1 unspecified atom stereocenters. The van der Waals surface area contributed by atoms with E-state index in [1.165, 1.54) is 103 Å². The summed E-state index contributed by atoms with van der Waals surface area (Å²) in [6.45, 7) is 3.20. The maximum absolute atomic E-state index is 13.5. The summed E-state index contributed by atoms with van der Waals surface area (Å²) in [6, 6.07) is 0. The number of unbranched alkanes of at least 4 members (excludes halogenated alkanes) is 24. The molecule has 368 valence electrons. The Labute approximate surface area is 370 Å². The normalized spacial score (nSPS) is 22.0. The first-order valence-corrected chi connectivity index (χ1v) is 26.2. The molecule has 0 aliphatic heterocycles. The number of hydrogen-bond donors (Lipinski definition) is 7. The van der Waals surface area contributed by atoms with E-state index in [0.717, 1.165) is 51.4 Å². The smallest absolute Gasteiger partial charge is 0.462 e. The molecule has 1 fully saturated rings. The number of nitrogens with two attached hydrogens (primary N) is 3. The van der Waals surface area contributed by atoms with Crippen LogP contribution in [0.1, 0.15) is 194 Å². The number of carbonyl (C=O) groups is 2. The van der Waals surface area contributed by atoms with Gasteiger partial charge in [-0.05, 0) is 12.8 Å². The molecule has 62 heavy (non-hydrogen) atoms. The van der Waals surface area contributed by atoms with E-state index in [0.29, 0.717) is 12.8 Å². The third kappa shape index (κ3) is 26.1. The first kappa shape index (κ1) is 58.9. The van der Waals surface area contributed by atoms with Gasteiger partial charge in [-0.25, -0.2) is 31.4 Å². The maximum atomic E-state index is 13.5. The fourth-order valence-electron chi connectivity index (χ4n) is 7.26. The Bertz CT molecular complexity index is 1240. The van der Waals surface area contributed by atoms with E-state index < -0.39 is 83.5 Å². The second-order valence-electron chi connectivity index (χ2n) is 16.4. The standard InChI is InChI=1S/C41H83N3O16P2/c1-3-5-7-9-11-13-15-17-19-21-23-25-27-29-34(45)53-31-33(55-35(46)30-28-26-24-22-20-18-16-14-12-10-8-6-4-2)32-54-61(51,58-42)56-40-37(48)36(47)38(49)41(39(40)50)57-62(52,59-43)60-44/h33,36-41,47-50H,3-32,42-44H2,1-2H3/t33-,36-,37-,38+,39+,40+,41-,61?/m1/s1. The van der Waals surface area contributed by atoms with Crippen LogP contribution in [-0.2, 0) is 55.6 Å². The predicted octanol–water partition coefficient (Wildman–Crippen LogP) is 7.54. The molecular formula is C41H83N3O16P2. The summed E-state index contributed by atoms with van der Waals surface area (Å²) in [5.74, 6) is 13.8. The monoisotopic (exact) mass is 936 g/mol. The second-order valence-corrected chi connectivity index (χ2v) is 19.5. The molecule has 0 bridgehead atoms. The quantitative estimate of drug-likeness (QED) is 0.0135. The van der Waals surface area contributed by atoms with E-state index in [4.69, 9.17) is 40.7 Å². The van der Waals surface area contributed by atoms with Crippen LogP contribution in [0.25, 0.3) is 0 Å². The number of carbonyl (C=O) groups excluding carboxylic acids is 2. The lowest BCUT2D eigenvalue weighted by Gasteiger charge is -2.43. The van der Waals surface area contributed by atoms with Crippen molar-refractivity contribution in [2.45, 2.75) is 236 Å². The summed E-state index contributed by atoms with van der Waals surface area (Å²) < 4.78 is 64.7. The Balaban J connectivity index is 2.73. The summed E-state index contributed by atoms with van der Waals surface area (Å²) >= 11 is 0. The fraction of sp³-hybridized carbons (Fsp3) is 0.951. The summed E-state index contributed by atoms with van der Waals surface area (Å²) in [5, 5.41) is 42.2. The summed E-state index contributed by atoms with van der Waals surface area (Å²) in [4.78, 5) is 25.6. The minimum Gasteiger partial charge on any atom is -0.462 e. The zero-order valence-corrected chi connectivity index (χ0v) is 39.4. The van der Waals surface area contributed by atoms with E-state index in [-0.39, 0.29) is 12.8 Å². The first-order valence-electron chi connectivity index (χ1n) is 23.2. The molecule has 0 aromatic carbocycles. The molecule has 1 aliphatic rings. The van der Waals surface area contributed by atoms with Gasteiger partial charge in [0.2, 0.25) is 0 Å². The van der Waals surface area contributed by atoms with E-state index in [9.17, 15) is 39.1 Å². The van der Waals surface area contributed by atoms with Crippen LogP contribution in [0.5, 0.6) is 0 Å². The Morgan fingerprint density at radius 2 is 0.806 bits per heavy atom. The largest absolute Gasteiger partial charge is 0.508 e. The van der Waals surface area contributed by atoms with Crippen molar-refractivity contribution in [3.8, 4) is 0 Å². The van der Waals surface area contributed by atoms with Crippen LogP contribution in [0.15, 0.2) is 0 Å². The summed E-state index contributed by atoms with van der Waals surface area (Å²) in [5.41, 5.74) is 0. The highest BCUT2D eigenvalue weighted by Gasteiger charge is 2.55. The van der Waals surface area contributed by atoms with Gasteiger partial charge in [0.1, 0.15) is 43.2 Å². The van der Waals surface area contributed by atoms with E-state index >= 15 is 0 Å². The molecule has 0 spiro atoms. The molecule has 0 heterocycles. The Kier molecular flexibility index (Phi) is 34.2. The number of ether oxygens (including phenoxy) is 2. The van der Waals surface area contributed by atoms with Gasteiger partial charge in [0.05, 0.1) is 6.61 Å². The molecule has 21 heteroatoms. The third-order valence-corrected chi connectivity index (χ3v) is 13.3. The SMILES string of the molecule is CCCCCCCCCCCCCCCC(=O)OC[C@H](COP(=O)(ON)O[C@@H]1[C@H](O)[C@H](OP(=O)(ON)ON)[C@@H](O)[C@H](O)[C@H]1O)OC(=O)CCCCCCCCCCCCCCC. The molecule has 0 aromatic heterocycles. The van der Waals surface area contributed by atoms with E-state index in [1.54, 1.807) is 0 Å². The molecule has 0 saturated heterocycles. The maximum Gasteiger partial charge on any atom is 0.508 e. The van der Waals surface area contributed by atoms with E-state index in [2.05, 4.69) is 27.7 Å². The topological polar surface area (TPSA) is 301 Å². The number of rotatable bonds is 41. The molecule has 0 aromatic rings. The Morgan fingerprint density at radius 1 is 0.468 bits per heavy atom. The van der Waals surface area contributed by atoms with Gasteiger partial charge in [-0.3, -0.25) is 23.2 Å². The lowest BCUT2D eigenvalue weighted by atomic mass is 9.85. The zero-order valence-electron chi connectivity index (χ0n) is 37.6. The lowest BCUT2D eigenvalue weighted by Crippen LogP contribution is -2.64. The van der Waals surface area contributed by atoms with Crippen molar-refractivity contribution < 1.29 is 76.1 Å². The average Bonchev–Trinajstić information content (AvgIpc) is 3.27. The van der Waals surface area contributed by atoms with Crippen LogP contribution in [-0.4, -0.2) is 88.3 Å². The van der Waals surface area contributed by atoms with Gasteiger partial charge in [0, 0.05) is 12.8 Å². The average molecular weight is 936 g/mol. The Hall–Kier alpha value is -1.12. The second kappa shape index (κ2) is 36.1. The molecular weight excluding hydrogens is 852 g/mol. The van der Waals surface area contributed by atoms with Gasteiger partial charge in [0.25, 0.3) is 0 Å². The minimum absolute atomic E-state index is 0.0632. The molecule has 1 saturated carbocycles. The highest BCUT2D eigenvalue weighted by atomic mass is 31.2. The van der Waals surface area contributed by atoms with Crippen LogP contribution in [0, 0.1) is 0 Å². The zero-order chi connectivity index (χ0) is 46.1. The molecule has 0 radical (unpaired) electrons. The minimum atomic E-state index is -5.02. The number of aliphatic hydroxyl groups excluding tert-OH is 4. The molecule has 10 N–H and O–H groups in total. The van der Waals surface area contributed by atoms with Gasteiger partial charge >= 0.3 is 27.6 Å². The van der Waals surface area contributed by atoms with Crippen LogP contribution in [0.3, 0.4) is 0 Å². The number of aliphatic hydroxyl groups is 4. The van der Waals surface area contributed by atoms with Gasteiger partial charge in [-0.15, -0.1) is 0 Å². The van der Waals surface area contributed by atoms with Gasteiger partial charge in [0.15, 0.2) is 6.10 Å². The van der Waals surface area contributed by atoms with Crippen molar-refractivity contribution in [1.29, 1.82) is 0 Å². The van der Waals surface area contributed by atoms with Crippen molar-refractivity contribution in [2.75, 3.05) is 13.2 Å². The van der Waals surface area contributed by atoms with Gasteiger partial charge in [-0.2, -0.15) is 9.25 Å². The fourth-order valence-corrected chi connectivity index (χ4v) is 9.02. The van der Waals surface area contributed by atoms with Crippen molar-refractivity contribution >= 4 is 27.6 Å². The van der Waals surface area contributed by atoms with Gasteiger partial charge < -0.3 is 29.9 Å². The van der Waals surface area contributed by atoms with Crippen LogP contribution in [0.2, 0.25) is 0 Å². The molecule has 1 rings (SSSR count). The lowest BCUT2D eigenvalue weighted by molar-refractivity contribution is -0.218. The molecule has 0 amide bonds. The van der Waals surface area contributed by atoms with Crippen molar-refractivity contribution in [2.24, 2.45) is 17.7 Å². The first-order chi connectivity index (χ1) is 29.8.